The number of hydrogen-bond donors (Lipinski definition) is 2. The van der Waals surface area contributed by atoms with E-state index in [1.54, 1.807) is 35.9 Å². The summed E-state index contributed by atoms with van der Waals surface area (Å²) in [7, 11) is 1.34. The summed E-state index contributed by atoms with van der Waals surface area (Å²) < 4.78 is 6.50. The van der Waals surface area contributed by atoms with Gasteiger partial charge in [-0.1, -0.05) is 12.1 Å². The molecule has 1 aromatic heterocycles. The molecule has 0 radical (unpaired) electrons. The lowest BCUT2D eigenvalue weighted by atomic mass is 9.96. The molecule has 2 heterocycles. The number of aromatic nitrogens is 3. The number of allylic oxidation sites excluding steroid dienone is 1. The van der Waals surface area contributed by atoms with Crippen LogP contribution in [0, 0.1) is 0 Å². The molecule has 0 spiro atoms. The fraction of sp³-hybridized carbons (Fsp3) is 0.214. The number of nitrogens with zero attached hydrogens (tertiary/aromatic N) is 3. The van der Waals surface area contributed by atoms with Gasteiger partial charge in [-0.05, 0) is 24.6 Å². The quantitative estimate of drug-likeness (QED) is 0.812. The van der Waals surface area contributed by atoms with E-state index in [1.807, 2.05) is 0 Å². The lowest BCUT2D eigenvalue weighted by molar-refractivity contribution is -0.136. The zero-order valence-corrected chi connectivity index (χ0v) is 11.6. The van der Waals surface area contributed by atoms with Crippen LogP contribution in [0.25, 0.3) is 0 Å². The van der Waals surface area contributed by atoms with Gasteiger partial charge in [0.2, 0.25) is 5.95 Å². The Morgan fingerprint density at radius 3 is 2.76 bits per heavy atom. The molecular weight excluding hydrogens is 272 g/mol. The van der Waals surface area contributed by atoms with Gasteiger partial charge in [0.1, 0.15) is 18.1 Å². The number of benzene rings is 1. The van der Waals surface area contributed by atoms with E-state index in [1.165, 1.54) is 13.4 Å². The second-order valence-electron chi connectivity index (χ2n) is 4.68. The van der Waals surface area contributed by atoms with Crippen molar-refractivity contribution in [2.45, 2.75) is 13.0 Å². The molecule has 2 N–H and O–H groups in total. The largest absolute Gasteiger partial charge is 0.508 e. The number of anilines is 1. The monoisotopic (exact) mass is 286 g/mol. The van der Waals surface area contributed by atoms with Gasteiger partial charge in [-0.15, -0.1) is 0 Å². The number of phenolic OH excluding ortho intramolecular Hbond substituents is 1. The van der Waals surface area contributed by atoms with E-state index in [0.29, 0.717) is 17.2 Å². The number of esters is 1. The van der Waals surface area contributed by atoms with Gasteiger partial charge in [0.05, 0.1) is 12.7 Å². The molecule has 0 saturated heterocycles. The predicted octanol–water partition coefficient (Wildman–Crippen LogP) is 1.45. The number of rotatable bonds is 2. The number of phenols is 1. The SMILES string of the molecule is COC(=O)C1=C(C)Nc2ncnn2C1c1ccc(O)cc1. The Labute approximate surface area is 120 Å². The van der Waals surface area contributed by atoms with Crippen LogP contribution in [0.1, 0.15) is 18.5 Å². The summed E-state index contributed by atoms with van der Waals surface area (Å²) in [6.45, 7) is 1.79. The minimum atomic E-state index is -0.447. The number of carbonyl (C=O) groups excluding carboxylic acids is 1. The van der Waals surface area contributed by atoms with Crippen molar-refractivity contribution < 1.29 is 14.6 Å². The van der Waals surface area contributed by atoms with Crippen LogP contribution in [0.4, 0.5) is 5.95 Å². The Balaban J connectivity index is 2.17. The molecule has 0 amide bonds. The first-order chi connectivity index (χ1) is 10.1. The van der Waals surface area contributed by atoms with Crippen molar-refractivity contribution in [3.05, 3.63) is 47.4 Å². The molecule has 0 bridgehead atoms. The van der Waals surface area contributed by atoms with Gasteiger partial charge in [0, 0.05) is 5.70 Å². The number of methoxy groups -OCH3 is 1. The van der Waals surface area contributed by atoms with Crippen LogP contribution in [0.3, 0.4) is 0 Å². The van der Waals surface area contributed by atoms with Gasteiger partial charge in [-0.3, -0.25) is 0 Å². The summed E-state index contributed by atoms with van der Waals surface area (Å²) in [6, 6.07) is 6.17. The first kappa shape index (κ1) is 13.2. The molecule has 21 heavy (non-hydrogen) atoms. The number of nitrogens with one attached hydrogen (secondary N) is 1. The molecule has 1 unspecified atom stereocenters. The van der Waals surface area contributed by atoms with Crippen LogP contribution < -0.4 is 5.32 Å². The molecule has 7 nitrogen and oxygen atoms in total. The summed E-state index contributed by atoms with van der Waals surface area (Å²) in [5, 5.41) is 16.6. The van der Waals surface area contributed by atoms with Crippen molar-refractivity contribution in [2.75, 3.05) is 12.4 Å². The molecule has 0 saturated carbocycles. The van der Waals surface area contributed by atoms with Gasteiger partial charge >= 0.3 is 5.97 Å². The van der Waals surface area contributed by atoms with Crippen molar-refractivity contribution in [1.82, 2.24) is 14.8 Å². The molecule has 1 aliphatic rings. The Morgan fingerprint density at radius 1 is 1.38 bits per heavy atom. The fourth-order valence-corrected chi connectivity index (χ4v) is 2.43. The summed E-state index contributed by atoms with van der Waals surface area (Å²) in [6.07, 6.45) is 1.42. The smallest absolute Gasteiger partial charge is 0.338 e. The number of ether oxygens (including phenoxy) is 1. The normalized spacial score (nSPS) is 17.1. The summed E-state index contributed by atoms with van der Waals surface area (Å²) >= 11 is 0. The van der Waals surface area contributed by atoms with Gasteiger partial charge in [-0.2, -0.15) is 10.1 Å². The highest BCUT2D eigenvalue weighted by Crippen LogP contribution is 2.35. The number of fused-ring (bicyclic) bond motifs is 1. The van der Waals surface area contributed by atoms with Gasteiger partial charge < -0.3 is 15.2 Å². The molecule has 1 atom stereocenters. The first-order valence-corrected chi connectivity index (χ1v) is 6.36. The third kappa shape index (κ3) is 2.12. The molecule has 108 valence electrons. The number of hydrogen-bond acceptors (Lipinski definition) is 6. The van der Waals surface area contributed by atoms with E-state index in [-0.39, 0.29) is 5.75 Å². The van der Waals surface area contributed by atoms with Gasteiger partial charge in [-0.25, -0.2) is 9.48 Å². The Hall–Kier alpha value is -2.83. The average Bonchev–Trinajstić information content (AvgIpc) is 2.94. The van der Waals surface area contributed by atoms with Crippen molar-refractivity contribution >= 4 is 11.9 Å². The first-order valence-electron chi connectivity index (χ1n) is 6.36. The van der Waals surface area contributed by atoms with E-state index in [4.69, 9.17) is 4.74 Å². The lowest BCUT2D eigenvalue weighted by Crippen LogP contribution is -2.29. The van der Waals surface area contributed by atoms with E-state index < -0.39 is 12.0 Å². The zero-order chi connectivity index (χ0) is 15.0. The minimum absolute atomic E-state index is 0.159. The summed E-state index contributed by atoms with van der Waals surface area (Å²) in [4.78, 5) is 16.3. The molecule has 7 heteroatoms. The van der Waals surface area contributed by atoms with Crippen molar-refractivity contribution in [1.29, 1.82) is 0 Å². The van der Waals surface area contributed by atoms with Crippen LogP contribution in [-0.4, -0.2) is 33.0 Å². The maximum absolute atomic E-state index is 12.1. The Bertz CT molecular complexity index is 718. The molecule has 2 aromatic rings. The zero-order valence-electron chi connectivity index (χ0n) is 11.6. The highest BCUT2D eigenvalue weighted by molar-refractivity contribution is 5.92. The molecular formula is C14H14N4O3. The minimum Gasteiger partial charge on any atom is -0.508 e. The van der Waals surface area contributed by atoms with Crippen LogP contribution >= 0.6 is 0 Å². The number of carbonyl (C=O) groups is 1. The highest BCUT2D eigenvalue weighted by Gasteiger charge is 2.33. The van der Waals surface area contributed by atoms with Crippen molar-refractivity contribution in [3.8, 4) is 5.75 Å². The van der Waals surface area contributed by atoms with E-state index in [9.17, 15) is 9.90 Å². The Kier molecular flexibility index (Phi) is 3.09. The predicted molar refractivity (Wildman–Crippen MR) is 74.6 cm³/mol. The third-order valence-corrected chi connectivity index (χ3v) is 3.41. The van der Waals surface area contributed by atoms with Crippen LogP contribution in [0.15, 0.2) is 41.9 Å². The molecule has 0 aliphatic carbocycles. The molecule has 0 fully saturated rings. The summed E-state index contributed by atoms with van der Waals surface area (Å²) in [5.41, 5.74) is 1.93. The second kappa shape index (κ2) is 4.93. The van der Waals surface area contributed by atoms with E-state index >= 15 is 0 Å². The van der Waals surface area contributed by atoms with Crippen molar-refractivity contribution in [2.24, 2.45) is 0 Å². The molecule has 3 rings (SSSR count). The van der Waals surface area contributed by atoms with Crippen LogP contribution in [0.5, 0.6) is 5.75 Å². The van der Waals surface area contributed by atoms with Crippen molar-refractivity contribution in [3.63, 3.8) is 0 Å². The third-order valence-electron chi connectivity index (χ3n) is 3.41. The maximum atomic E-state index is 12.1. The molecule has 1 aromatic carbocycles. The topological polar surface area (TPSA) is 89.3 Å². The fourth-order valence-electron chi connectivity index (χ4n) is 2.43. The van der Waals surface area contributed by atoms with E-state index in [2.05, 4.69) is 15.4 Å². The highest BCUT2D eigenvalue weighted by atomic mass is 16.5. The van der Waals surface area contributed by atoms with Gasteiger partial charge in [0.25, 0.3) is 0 Å². The second-order valence-corrected chi connectivity index (χ2v) is 4.68. The molecule has 1 aliphatic heterocycles. The average molecular weight is 286 g/mol. The summed E-state index contributed by atoms with van der Waals surface area (Å²) in [5.74, 6) is 0.282. The standard InChI is InChI=1S/C14H14N4O3/c1-8-11(13(20)21-2)12(9-3-5-10(19)6-4-9)18-14(17-8)15-7-16-18/h3-7,12,19H,1-2H3,(H,15,16,17). The van der Waals surface area contributed by atoms with Crippen LogP contribution in [-0.2, 0) is 9.53 Å². The van der Waals surface area contributed by atoms with E-state index in [0.717, 1.165) is 5.56 Å². The van der Waals surface area contributed by atoms with Crippen LogP contribution in [0.2, 0.25) is 0 Å². The maximum Gasteiger partial charge on any atom is 0.338 e. The lowest BCUT2D eigenvalue weighted by Gasteiger charge is -2.27. The van der Waals surface area contributed by atoms with Gasteiger partial charge in [0.15, 0.2) is 0 Å². The Morgan fingerprint density at radius 2 is 2.10 bits per heavy atom. The number of aromatic hydroxyl groups is 1.